The summed E-state index contributed by atoms with van der Waals surface area (Å²) in [5.74, 6) is 1.36. The molecule has 0 aromatic heterocycles. The lowest BCUT2D eigenvalue weighted by molar-refractivity contribution is -0.131. The van der Waals surface area contributed by atoms with Crippen molar-refractivity contribution in [1.29, 1.82) is 0 Å². The molecule has 0 radical (unpaired) electrons. The van der Waals surface area contributed by atoms with Gasteiger partial charge in [0.2, 0.25) is 0 Å². The average molecular weight is 565 g/mol. The standard InChI is InChI=1S/C25H23Cl2N3O4S2/c1-3-33-22-12-15(4-10-20(22)31)24-30(23(32)14(2)36-24)29-25(35)28-17-7-11-21(19(27)13-17)34-18-8-5-16(26)6-9-18/h4-14,24,31H,3H2,1-2H3,(H2,28,29,35)/t14-,24-/m1/s1. The number of benzene rings is 3. The molecule has 0 bridgehead atoms. The van der Waals surface area contributed by atoms with E-state index < -0.39 is 0 Å². The van der Waals surface area contributed by atoms with Crippen molar-refractivity contribution in [1.82, 2.24) is 10.4 Å². The molecule has 1 heterocycles. The fourth-order valence-corrected chi connectivity index (χ4v) is 5.24. The second kappa shape index (κ2) is 11.5. The minimum absolute atomic E-state index is 0.0417. The summed E-state index contributed by atoms with van der Waals surface area (Å²) in [6.45, 7) is 4.08. The molecule has 0 spiro atoms. The lowest BCUT2D eigenvalue weighted by Gasteiger charge is -2.26. The van der Waals surface area contributed by atoms with Crippen LogP contribution in [0.25, 0.3) is 0 Å². The highest BCUT2D eigenvalue weighted by Crippen LogP contribution is 2.44. The molecule has 3 aromatic carbocycles. The number of thioether (sulfide) groups is 1. The number of halogens is 2. The number of thiocarbonyl (C=S) groups is 1. The van der Waals surface area contributed by atoms with Crippen molar-refractivity contribution in [3.05, 3.63) is 76.3 Å². The Morgan fingerprint density at radius 1 is 1.11 bits per heavy atom. The largest absolute Gasteiger partial charge is 0.504 e. The van der Waals surface area contributed by atoms with Crippen LogP contribution < -0.4 is 20.2 Å². The van der Waals surface area contributed by atoms with Crippen molar-refractivity contribution >= 4 is 63.9 Å². The Hall–Kier alpha value is -2.85. The number of amides is 1. The molecule has 1 aliphatic rings. The highest BCUT2D eigenvalue weighted by atomic mass is 35.5. The number of anilines is 1. The first-order valence-corrected chi connectivity index (χ1v) is 13.1. The number of nitrogens with one attached hydrogen (secondary N) is 2. The van der Waals surface area contributed by atoms with Crippen LogP contribution in [0.15, 0.2) is 60.7 Å². The van der Waals surface area contributed by atoms with Gasteiger partial charge in [-0.15, -0.1) is 11.8 Å². The van der Waals surface area contributed by atoms with E-state index in [0.29, 0.717) is 39.6 Å². The van der Waals surface area contributed by atoms with Gasteiger partial charge in [0.05, 0.1) is 16.9 Å². The van der Waals surface area contributed by atoms with Crippen molar-refractivity contribution in [3.63, 3.8) is 0 Å². The molecular formula is C25H23Cl2N3O4S2. The molecule has 11 heteroatoms. The van der Waals surface area contributed by atoms with Gasteiger partial charge >= 0.3 is 0 Å². The molecule has 0 saturated carbocycles. The number of carbonyl (C=O) groups excluding carboxylic acids is 1. The minimum Gasteiger partial charge on any atom is -0.504 e. The number of hydrazine groups is 1. The van der Waals surface area contributed by atoms with Gasteiger partial charge in [-0.1, -0.05) is 29.3 Å². The SMILES string of the molecule is CCOc1cc([C@H]2S[C@H](C)C(=O)N2NC(=S)Nc2ccc(Oc3ccc(Cl)cc3)c(Cl)c2)ccc1O. The highest BCUT2D eigenvalue weighted by molar-refractivity contribution is 8.01. The second-order valence-corrected chi connectivity index (χ2v) is 10.4. The van der Waals surface area contributed by atoms with Crippen LogP contribution >= 0.6 is 47.2 Å². The van der Waals surface area contributed by atoms with Crippen LogP contribution in [0.5, 0.6) is 23.0 Å². The summed E-state index contributed by atoms with van der Waals surface area (Å²) in [6, 6.07) is 17.1. The molecule has 7 nitrogen and oxygen atoms in total. The number of hydrogen-bond acceptors (Lipinski definition) is 6. The van der Waals surface area contributed by atoms with Gasteiger partial charge in [-0.25, -0.2) is 5.01 Å². The summed E-state index contributed by atoms with van der Waals surface area (Å²) in [5.41, 5.74) is 4.41. The first-order valence-electron chi connectivity index (χ1n) is 11.0. The monoisotopic (exact) mass is 563 g/mol. The van der Waals surface area contributed by atoms with Crippen LogP contribution in [-0.2, 0) is 4.79 Å². The normalized spacial score (nSPS) is 17.1. The van der Waals surface area contributed by atoms with E-state index >= 15 is 0 Å². The molecule has 1 amide bonds. The molecule has 1 saturated heterocycles. The van der Waals surface area contributed by atoms with E-state index in [1.54, 1.807) is 60.7 Å². The van der Waals surface area contributed by atoms with E-state index in [4.69, 9.17) is 44.9 Å². The molecule has 4 rings (SSSR count). The fraction of sp³-hybridized carbons (Fsp3) is 0.200. The average Bonchev–Trinajstić information content (AvgIpc) is 3.12. The van der Waals surface area contributed by atoms with Gasteiger partial charge in [-0.2, -0.15) is 0 Å². The second-order valence-electron chi connectivity index (χ2n) is 7.77. The van der Waals surface area contributed by atoms with Crippen molar-refractivity contribution in [2.75, 3.05) is 11.9 Å². The maximum absolute atomic E-state index is 12.9. The number of phenols is 1. The van der Waals surface area contributed by atoms with Crippen LogP contribution in [0.1, 0.15) is 24.8 Å². The lowest BCUT2D eigenvalue weighted by atomic mass is 10.2. The molecule has 1 fully saturated rings. The number of rotatable bonds is 7. The summed E-state index contributed by atoms with van der Waals surface area (Å²) in [7, 11) is 0. The van der Waals surface area contributed by atoms with Crippen molar-refractivity contribution < 1.29 is 19.4 Å². The Balaban J connectivity index is 1.45. The maximum atomic E-state index is 12.9. The first kappa shape index (κ1) is 26.2. The number of aromatic hydroxyl groups is 1. The van der Waals surface area contributed by atoms with Gasteiger partial charge < -0.3 is 19.9 Å². The summed E-state index contributed by atoms with van der Waals surface area (Å²) in [5, 5.41) is 15.1. The van der Waals surface area contributed by atoms with Crippen molar-refractivity contribution in [2.45, 2.75) is 24.5 Å². The minimum atomic E-state index is -0.370. The van der Waals surface area contributed by atoms with E-state index in [2.05, 4.69) is 10.7 Å². The predicted octanol–water partition coefficient (Wildman–Crippen LogP) is 6.75. The summed E-state index contributed by atoms with van der Waals surface area (Å²) >= 11 is 19.3. The van der Waals surface area contributed by atoms with Crippen molar-refractivity contribution in [2.24, 2.45) is 0 Å². The highest BCUT2D eigenvalue weighted by Gasteiger charge is 2.39. The van der Waals surface area contributed by atoms with Gasteiger partial charge in [0.25, 0.3) is 5.91 Å². The van der Waals surface area contributed by atoms with Crippen LogP contribution in [0.3, 0.4) is 0 Å². The molecule has 0 unspecified atom stereocenters. The van der Waals surface area contributed by atoms with E-state index in [9.17, 15) is 9.90 Å². The van der Waals surface area contributed by atoms with Gasteiger partial charge in [0.1, 0.15) is 16.9 Å². The summed E-state index contributed by atoms with van der Waals surface area (Å²) in [6.07, 6.45) is 0. The number of ether oxygens (including phenoxy) is 2. The zero-order valence-electron chi connectivity index (χ0n) is 19.3. The molecule has 3 N–H and O–H groups in total. The maximum Gasteiger partial charge on any atom is 0.255 e. The Bertz CT molecular complexity index is 1280. The zero-order chi connectivity index (χ0) is 25.8. The molecule has 2 atom stereocenters. The Labute approximate surface area is 228 Å². The Kier molecular flexibility index (Phi) is 8.35. The van der Waals surface area contributed by atoms with E-state index in [-0.39, 0.29) is 27.4 Å². The number of carbonyl (C=O) groups is 1. The molecule has 3 aromatic rings. The van der Waals surface area contributed by atoms with Gasteiger partial charge in [-0.05, 0) is 86.2 Å². The fourth-order valence-electron chi connectivity index (χ4n) is 3.48. The number of phenolic OH excluding ortho intramolecular Hbond substituents is 1. The Morgan fingerprint density at radius 2 is 1.86 bits per heavy atom. The smallest absolute Gasteiger partial charge is 0.255 e. The van der Waals surface area contributed by atoms with Gasteiger partial charge in [0.15, 0.2) is 16.6 Å². The van der Waals surface area contributed by atoms with E-state index in [1.165, 1.54) is 16.8 Å². The summed E-state index contributed by atoms with van der Waals surface area (Å²) < 4.78 is 11.3. The molecular weight excluding hydrogens is 541 g/mol. The first-order chi connectivity index (χ1) is 17.2. The van der Waals surface area contributed by atoms with Crippen LogP contribution in [-0.4, -0.2) is 33.0 Å². The molecule has 188 valence electrons. The Morgan fingerprint density at radius 3 is 2.56 bits per heavy atom. The molecule has 0 aliphatic carbocycles. The summed E-state index contributed by atoms with van der Waals surface area (Å²) in [4.78, 5) is 12.9. The van der Waals surface area contributed by atoms with Crippen molar-refractivity contribution in [3.8, 4) is 23.0 Å². The third kappa shape index (κ3) is 6.10. The quantitative estimate of drug-likeness (QED) is 0.272. The zero-order valence-corrected chi connectivity index (χ0v) is 22.5. The van der Waals surface area contributed by atoms with E-state index in [1.807, 2.05) is 13.8 Å². The third-order valence-electron chi connectivity index (χ3n) is 5.17. The molecule has 36 heavy (non-hydrogen) atoms. The van der Waals surface area contributed by atoms with Crippen LogP contribution in [0, 0.1) is 0 Å². The van der Waals surface area contributed by atoms with Gasteiger partial charge in [-0.3, -0.25) is 10.2 Å². The van der Waals surface area contributed by atoms with Crippen LogP contribution in [0.4, 0.5) is 5.69 Å². The molecule has 1 aliphatic heterocycles. The van der Waals surface area contributed by atoms with Crippen LogP contribution in [0.2, 0.25) is 10.0 Å². The topological polar surface area (TPSA) is 83.1 Å². The van der Waals surface area contributed by atoms with Gasteiger partial charge in [0, 0.05) is 10.7 Å². The predicted molar refractivity (Wildman–Crippen MR) is 148 cm³/mol. The van der Waals surface area contributed by atoms with E-state index in [0.717, 1.165) is 5.56 Å². The lowest BCUT2D eigenvalue weighted by Crippen LogP contribution is -2.47. The third-order valence-corrected chi connectivity index (χ3v) is 7.27. The number of hydrogen-bond donors (Lipinski definition) is 3. The number of nitrogens with zero attached hydrogens (tertiary/aromatic N) is 1.